The quantitative estimate of drug-likeness (QED) is 0.158. The number of para-hydroxylation sites is 1. The fraction of sp³-hybridized carbons (Fsp3) is 0.0426. The minimum Gasteiger partial charge on any atom is -0.309 e. The molecule has 0 aliphatic heterocycles. The summed E-state index contributed by atoms with van der Waals surface area (Å²) in [6, 6.07) is 44.1. The van der Waals surface area contributed by atoms with Crippen molar-refractivity contribution in [2.45, 2.75) is 12.4 Å². The van der Waals surface area contributed by atoms with Crippen LogP contribution >= 0.6 is 0 Å². The second kappa shape index (κ2) is 14.1. The van der Waals surface area contributed by atoms with Gasteiger partial charge in [-0.15, -0.1) is 0 Å². The van der Waals surface area contributed by atoms with Gasteiger partial charge < -0.3 is 4.57 Å². The average Bonchev–Trinajstić information content (AvgIpc) is 3.57. The van der Waals surface area contributed by atoms with E-state index in [4.69, 9.17) is 15.0 Å². The van der Waals surface area contributed by atoms with Crippen molar-refractivity contribution in [3.63, 3.8) is 0 Å². The van der Waals surface area contributed by atoms with Crippen LogP contribution in [-0.2, 0) is 12.4 Å². The van der Waals surface area contributed by atoms with Crippen LogP contribution in [-0.4, -0.2) is 19.5 Å². The minimum atomic E-state index is -5.03. The second-order valence-corrected chi connectivity index (χ2v) is 13.6. The first-order valence-corrected chi connectivity index (χ1v) is 18.0. The van der Waals surface area contributed by atoms with Crippen molar-refractivity contribution in [2.75, 3.05) is 0 Å². The molecule has 0 atom stereocenters. The molecule has 4 nitrogen and oxygen atoms in total. The third-order valence-electron chi connectivity index (χ3n) is 9.96. The molecule has 2 aromatic heterocycles. The van der Waals surface area contributed by atoms with E-state index in [2.05, 4.69) is 0 Å². The molecule has 0 N–H and O–H groups in total. The summed E-state index contributed by atoms with van der Waals surface area (Å²) in [5.74, 6) is 0.661. The fourth-order valence-electron chi connectivity index (χ4n) is 7.23. The Hall–Kier alpha value is -7.14. The number of benzene rings is 7. The smallest absolute Gasteiger partial charge is 0.309 e. The van der Waals surface area contributed by atoms with Gasteiger partial charge in [0.1, 0.15) is 5.82 Å². The molecule has 0 amide bonds. The van der Waals surface area contributed by atoms with Crippen LogP contribution in [0.15, 0.2) is 164 Å². The van der Waals surface area contributed by atoms with Gasteiger partial charge in [-0.05, 0) is 53.6 Å². The zero-order valence-corrected chi connectivity index (χ0v) is 30.0. The fourth-order valence-corrected chi connectivity index (χ4v) is 7.23. The van der Waals surface area contributed by atoms with Crippen LogP contribution in [0.1, 0.15) is 11.1 Å². The van der Waals surface area contributed by atoms with Gasteiger partial charge in [-0.25, -0.2) is 19.3 Å². The van der Waals surface area contributed by atoms with Gasteiger partial charge in [-0.3, -0.25) is 0 Å². The second-order valence-electron chi connectivity index (χ2n) is 13.6. The predicted octanol–water partition coefficient (Wildman–Crippen LogP) is 13.5. The standard InChI is InChI=1S/C47H27F7N4/c48-39-17-9-7-15-35(39)37-22-20-31(45-56-43(28-11-3-1-4-12-28)55-44(57-45)29-13-5-2-6-14-29)26-42(37)58-40-18-10-8-16-36(40)38-21-19-30(25-41(38)58)32-23-33(46(49,50)51)27-34(24-32)47(52,53)54/h1-27H. The molecule has 11 heteroatoms. The lowest BCUT2D eigenvalue weighted by molar-refractivity contribution is -0.143. The molecule has 0 aliphatic carbocycles. The van der Waals surface area contributed by atoms with Crippen molar-refractivity contribution >= 4 is 21.8 Å². The van der Waals surface area contributed by atoms with Crippen LogP contribution < -0.4 is 0 Å². The molecule has 2 heterocycles. The number of nitrogens with zero attached hydrogens (tertiary/aromatic N) is 4. The predicted molar refractivity (Wildman–Crippen MR) is 211 cm³/mol. The summed E-state index contributed by atoms with van der Waals surface area (Å²) in [6.07, 6.45) is -10.1. The van der Waals surface area contributed by atoms with E-state index in [1.165, 1.54) is 12.1 Å². The number of rotatable bonds is 6. The Labute approximate surface area is 326 Å². The van der Waals surface area contributed by atoms with Crippen molar-refractivity contribution in [3.05, 3.63) is 181 Å². The van der Waals surface area contributed by atoms with Crippen molar-refractivity contribution < 1.29 is 30.7 Å². The summed E-state index contributed by atoms with van der Waals surface area (Å²) in [5, 5.41) is 1.43. The van der Waals surface area contributed by atoms with E-state index in [0.717, 1.165) is 16.5 Å². The summed E-state index contributed by atoms with van der Waals surface area (Å²) in [4.78, 5) is 14.6. The Bertz CT molecular complexity index is 2900. The number of hydrogen-bond acceptors (Lipinski definition) is 3. The molecule has 284 valence electrons. The third kappa shape index (κ3) is 6.74. The maximum absolute atomic E-state index is 15.8. The molecule has 0 saturated heterocycles. The first-order valence-electron chi connectivity index (χ1n) is 18.0. The number of hydrogen-bond donors (Lipinski definition) is 0. The van der Waals surface area contributed by atoms with E-state index >= 15 is 4.39 Å². The van der Waals surface area contributed by atoms with Crippen LogP contribution in [0.3, 0.4) is 0 Å². The molecule has 58 heavy (non-hydrogen) atoms. The van der Waals surface area contributed by atoms with Crippen molar-refractivity contribution in [1.82, 2.24) is 19.5 Å². The van der Waals surface area contributed by atoms with Crippen molar-refractivity contribution in [3.8, 4) is 62.1 Å². The summed E-state index contributed by atoms with van der Waals surface area (Å²) in [6.45, 7) is 0. The van der Waals surface area contributed by atoms with E-state index in [0.29, 0.717) is 62.8 Å². The van der Waals surface area contributed by atoms with Gasteiger partial charge in [0.05, 0.1) is 27.8 Å². The molecule has 0 spiro atoms. The van der Waals surface area contributed by atoms with Crippen LogP contribution in [0.25, 0.3) is 83.9 Å². The summed E-state index contributed by atoms with van der Waals surface area (Å²) < 4.78 is 101. The van der Waals surface area contributed by atoms with Gasteiger partial charge in [-0.1, -0.05) is 121 Å². The molecule has 7 aromatic carbocycles. The molecule has 0 radical (unpaired) electrons. The largest absolute Gasteiger partial charge is 0.416 e. The maximum Gasteiger partial charge on any atom is 0.416 e. The first kappa shape index (κ1) is 36.5. The molecule has 0 saturated carbocycles. The monoisotopic (exact) mass is 780 g/mol. The first-order chi connectivity index (χ1) is 27.9. The highest BCUT2D eigenvalue weighted by molar-refractivity contribution is 6.11. The van der Waals surface area contributed by atoms with Crippen LogP contribution in [0, 0.1) is 5.82 Å². The molecule has 9 rings (SSSR count). The zero-order chi connectivity index (χ0) is 40.2. The SMILES string of the molecule is Fc1ccccc1-c1ccc(-c2nc(-c3ccccc3)nc(-c3ccccc3)n2)cc1-n1c2ccccc2c2ccc(-c3cc(C(F)(F)F)cc(C(F)(F)F)c3)cc21. The highest BCUT2D eigenvalue weighted by Crippen LogP contribution is 2.42. The van der Waals surface area contributed by atoms with E-state index in [1.54, 1.807) is 42.5 Å². The lowest BCUT2D eigenvalue weighted by Gasteiger charge is -2.17. The molecular formula is C47H27F7N4. The summed E-state index contributed by atoms with van der Waals surface area (Å²) in [5.41, 5.74) is 1.39. The summed E-state index contributed by atoms with van der Waals surface area (Å²) >= 11 is 0. The molecule has 0 fully saturated rings. The Morgan fingerprint density at radius 3 is 1.50 bits per heavy atom. The highest BCUT2D eigenvalue weighted by Gasteiger charge is 2.37. The van der Waals surface area contributed by atoms with E-state index < -0.39 is 29.3 Å². The van der Waals surface area contributed by atoms with Crippen molar-refractivity contribution in [2.24, 2.45) is 0 Å². The van der Waals surface area contributed by atoms with Crippen LogP contribution in [0.5, 0.6) is 0 Å². The van der Waals surface area contributed by atoms with Gasteiger partial charge in [0, 0.05) is 38.6 Å². The van der Waals surface area contributed by atoms with Gasteiger partial charge in [-0.2, -0.15) is 26.3 Å². The molecular weight excluding hydrogens is 754 g/mol. The van der Waals surface area contributed by atoms with E-state index in [9.17, 15) is 26.3 Å². The lowest BCUT2D eigenvalue weighted by Crippen LogP contribution is -2.11. The maximum atomic E-state index is 15.8. The summed E-state index contributed by atoms with van der Waals surface area (Å²) in [7, 11) is 0. The van der Waals surface area contributed by atoms with Crippen molar-refractivity contribution in [1.29, 1.82) is 0 Å². The zero-order valence-electron chi connectivity index (χ0n) is 30.0. The molecule has 9 aromatic rings. The van der Waals surface area contributed by atoms with E-state index in [-0.39, 0.29) is 22.8 Å². The Kier molecular flexibility index (Phi) is 8.88. The Morgan fingerprint density at radius 2 is 0.897 bits per heavy atom. The van der Waals surface area contributed by atoms with Gasteiger partial charge in [0.2, 0.25) is 0 Å². The number of aromatic nitrogens is 4. The Balaban J connectivity index is 1.33. The highest BCUT2D eigenvalue weighted by atomic mass is 19.4. The van der Waals surface area contributed by atoms with Crippen LogP contribution in [0.4, 0.5) is 30.7 Å². The lowest BCUT2D eigenvalue weighted by atomic mass is 9.97. The molecule has 0 unspecified atom stereocenters. The minimum absolute atomic E-state index is 0.110. The Morgan fingerprint density at radius 1 is 0.379 bits per heavy atom. The number of halogens is 7. The van der Waals surface area contributed by atoms with Gasteiger partial charge in [0.15, 0.2) is 17.5 Å². The van der Waals surface area contributed by atoms with Crippen LogP contribution in [0.2, 0.25) is 0 Å². The molecule has 0 aliphatic rings. The third-order valence-corrected chi connectivity index (χ3v) is 9.96. The number of alkyl halides is 6. The topological polar surface area (TPSA) is 43.6 Å². The van der Waals surface area contributed by atoms with Gasteiger partial charge in [0.25, 0.3) is 0 Å². The average molecular weight is 781 g/mol. The normalized spacial score (nSPS) is 12.1. The van der Waals surface area contributed by atoms with Gasteiger partial charge >= 0.3 is 12.4 Å². The number of fused-ring (bicyclic) bond motifs is 3. The van der Waals surface area contributed by atoms with E-state index in [1.807, 2.05) is 95.6 Å². The molecule has 0 bridgehead atoms.